The summed E-state index contributed by atoms with van der Waals surface area (Å²) in [5.74, 6) is 0.878. The molecule has 0 saturated heterocycles. The van der Waals surface area contributed by atoms with Gasteiger partial charge in [-0.1, -0.05) is 0 Å². The monoisotopic (exact) mass is 326 g/mol. The van der Waals surface area contributed by atoms with Gasteiger partial charge in [0.25, 0.3) is 11.8 Å². The van der Waals surface area contributed by atoms with E-state index in [1.165, 1.54) is 4.90 Å². The number of fused-ring (bicyclic) bond motifs is 1. The molecule has 6 nitrogen and oxygen atoms in total. The Morgan fingerprint density at radius 2 is 1.54 bits per heavy atom. The number of nitrogens with one attached hydrogen (secondary N) is 1. The maximum Gasteiger partial charge on any atom is 0.255 e. The Bertz CT molecular complexity index is 769. The van der Waals surface area contributed by atoms with Gasteiger partial charge in [0.05, 0.1) is 0 Å². The van der Waals surface area contributed by atoms with Gasteiger partial charge < -0.3 is 19.7 Å². The lowest BCUT2D eigenvalue weighted by Crippen LogP contribution is -2.21. The molecular formula is C18H18N2O4. The summed E-state index contributed by atoms with van der Waals surface area (Å²) in [7, 11) is 3.39. The Kier molecular flexibility index (Phi) is 4.37. The highest BCUT2D eigenvalue weighted by molar-refractivity contribution is 6.05. The average molecular weight is 326 g/mol. The first-order chi connectivity index (χ1) is 11.5. The van der Waals surface area contributed by atoms with E-state index in [1.807, 2.05) is 0 Å². The van der Waals surface area contributed by atoms with Crippen molar-refractivity contribution < 1.29 is 19.1 Å². The van der Waals surface area contributed by atoms with Gasteiger partial charge in [0.15, 0.2) is 11.5 Å². The van der Waals surface area contributed by atoms with Crippen LogP contribution in [0.25, 0.3) is 0 Å². The summed E-state index contributed by atoms with van der Waals surface area (Å²) >= 11 is 0. The van der Waals surface area contributed by atoms with E-state index in [0.717, 1.165) is 0 Å². The summed E-state index contributed by atoms with van der Waals surface area (Å²) in [6, 6.07) is 11.8. The van der Waals surface area contributed by atoms with Crippen molar-refractivity contribution in [2.45, 2.75) is 0 Å². The summed E-state index contributed by atoms with van der Waals surface area (Å²) in [4.78, 5) is 25.7. The number of ether oxygens (including phenoxy) is 2. The van der Waals surface area contributed by atoms with E-state index in [-0.39, 0.29) is 11.8 Å². The second-order valence-corrected chi connectivity index (χ2v) is 5.59. The SMILES string of the molecule is CN(C)C(=O)c1ccc(NC(=O)c2ccc3c(c2)OCCO3)cc1. The smallest absolute Gasteiger partial charge is 0.255 e. The van der Waals surface area contributed by atoms with Crippen molar-refractivity contribution in [3.05, 3.63) is 53.6 Å². The molecule has 3 rings (SSSR count). The van der Waals surface area contributed by atoms with E-state index in [0.29, 0.717) is 41.5 Å². The van der Waals surface area contributed by atoms with E-state index in [4.69, 9.17) is 9.47 Å². The van der Waals surface area contributed by atoms with Crippen molar-refractivity contribution in [2.24, 2.45) is 0 Å². The average Bonchev–Trinajstić information content (AvgIpc) is 2.61. The minimum atomic E-state index is -0.251. The maximum atomic E-state index is 12.3. The zero-order valence-electron chi connectivity index (χ0n) is 13.5. The lowest BCUT2D eigenvalue weighted by molar-refractivity contribution is 0.0827. The van der Waals surface area contributed by atoms with E-state index in [9.17, 15) is 9.59 Å². The number of hydrogen-bond donors (Lipinski definition) is 1. The summed E-state index contributed by atoms with van der Waals surface area (Å²) in [6.45, 7) is 0.982. The first kappa shape index (κ1) is 15.9. The molecule has 0 aromatic heterocycles. The van der Waals surface area contributed by atoms with Crippen LogP contribution in [0.15, 0.2) is 42.5 Å². The number of hydrogen-bond acceptors (Lipinski definition) is 4. The van der Waals surface area contributed by atoms with Crippen LogP contribution in [0.4, 0.5) is 5.69 Å². The van der Waals surface area contributed by atoms with Gasteiger partial charge in [-0.2, -0.15) is 0 Å². The number of benzene rings is 2. The second kappa shape index (κ2) is 6.62. The molecule has 2 aromatic rings. The van der Waals surface area contributed by atoms with Crippen molar-refractivity contribution in [1.29, 1.82) is 0 Å². The number of rotatable bonds is 3. The van der Waals surface area contributed by atoms with Crippen LogP contribution in [-0.2, 0) is 0 Å². The van der Waals surface area contributed by atoms with Crippen molar-refractivity contribution in [3.63, 3.8) is 0 Å². The van der Waals surface area contributed by atoms with E-state index >= 15 is 0 Å². The minimum Gasteiger partial charge on any atom is -0.486 e. The highest BCUT2D eigenvalue weighted by atomic mass is 16.6. The van der Waals surface area contributed by atoms with Gasteiger partial charge in [-0.15, -0.1) is 0 Å². The van der Waals surface area contributed by atoms with Gasteiger partial charge in [0.1, 0.15) is 13.2 Å². The van der Waals surface area contributed by atoms with Crippen molar-refractivity contribution >= 4 is 17.5 Å². The summed E-state index contributed by atoms with van der Waals surface area (Å²) < 4.78 is 10.9. The Balaban J connectivity index is 1.72. The molecule has 0 saturated carbocycles. The van der Waals surface area contributed by atoms with Crippen LogP contribution < -0.4 is 14.8 Å². The van der Waals surface area contributed by atoms with Gasteiger partial charge in [0, 0.05) is 30.9 Å². The predicted molar refractivity (Wildman–Crippen MR) is 89.8 cm³/mol. The molecule has 124 valence electrons. The third kappa shape index (κ3) is 3.32. The van der Waals surface area contributed by atoms with Crippen LogP contribution in [0.1, 0.15) is 20.7 Å². The molecule has 0 spiro atoms. The predicted octanol–water partition coefficient (Wildman–Crippen LogP) is 2.41. The molecule has 0 fully saturated rings. The Morgan fingerprint density at radius 1 is 0.917 bits per heavy atom. The molecule has 0 bridgehead atoms. The summed E-state index contributed by atoms with van der Waals surface area (Å²) in [5.41, 5.74) is 1.66. The molecule has 0 aliphatic carbocycles. The number of anilines is 1. The van der Waals surface area contributed by atoms with Gasteiger partial charge in [0.2, 0.25) is 0 Å². The summed E-state index contributed by atoms with van der Waals surface area (Å²) in [6.07, 6.45) is 0. The van der Waals surface area contributed by atoms with Gasteiger partial charge >= 0.3 is 0 Å². The zero-order chi connectivity index (χ0) is 17.1. The third-order valence-corrected chi connectivity index (χ3v) is 3.60. The van der Waals surface area contributed by atoms with Crippen molar-refractivity contribution in [3.8, 4) is 11.5 Å². The highest BCUT2D eigenvalue weighted by Crippen LogP contribution is 2.30. The number of carbonyl (C=O) groups is 2. The summed E-state index contributed by atoms with van der Waals surface area (Å²) in [5, 5.41) is 2.80. The largest absolute Gasteiger partial charge is 0.486 e. The molecule has 1 aliphatic rings. The maximum absolute atomic E-state index is 12.3. The Hall–Kier alpha value is -3.02. The van der Waals surface area contributed by atoms with Gasteiger partial charge in [-0.05, 0) is 42.5 Å². The van der Waals surface area contributed by atoms with Crippen LogP contribution in [0.2, 0.25) is 0 Å². The van der Waals surface area contributed by atoms with Crippen molar-refractivity contribution in [2.75, 3.05) is 32.6 Å². The molecule has 0 radical (unpaired) electrons. The quantitative estimate of drug-likeness (QED) is 0.940. The second-order valence-electron chi connectivity index (χ2n) is 5.59. The molecule has 2 amide bonds. The van der Waals surface area contributed by atoms with E-state index < -0.39 is 0 Å². The van der Waals surface area contributed by atoms with Gasteiger partial charge in [-0.3, -0.25) is 9.59 Å². The Labute approximate surface area is 140 Å². The standard InChI is InChI=1S/C18H18N2O4/c1-20(2)18(22)12-3-6-14(7-4-12)19-17(21)13-5-8-15-16(11-13)24-10-9-23-15/h3-8,11H,9-10H2,1-2H3,(H,19,21). The number of amides is 2. The van der Waals surface area contributed by atoms with Crippen LogP contribution in [0.3, 0.4) is 0 Å². The fourth-order valence-corrected chi connectivity index (χ4v) is 2.34. The van der Waals surface area contributed by atoms with E-state index in [2.05, 4.69) is 5.32 Å². The first-order valence-electron chi connectivity index (χ1n) is 7.57. The van der Waals surface area contributed by atoms with E-state index in [1.54, 1.807) is 56.6 Å². The molecule has 6 heteroatoms. The molecule has 1 heterocycles. The lowest BCUT2D eigenvalue weighted by atomic mass is 10.1. The topological polar surface area (TPSA) is 67.9 Å². The molecule has 2 aromatic carbocycles. The molecule has 0 atom stereocenters. The molecule has 0 unspecified atom stereocenters. The molecule has 1 aliphatic heterocycles. The first-order valence-corrected chi connectivity index (χ1v) is 7.57. The van der Waals surface area contributed by atoms with Crippen LogP contribution in [0, 0.1) is 0 Å². The zero-order valence-corrected chi connectivity index (χ0v) is 13.5. The van der Waals surface area contributed by atoms with Gasteiger partial charge in [-0.25, -0.2) is 0 Å². The number of carbonyl (C=O) groups excluding carboxylic acids is 2. The fraction of sp³-hybridized carbons (Fsp3) is 0.222. The molecule has 24 heavy (non-hydrogen) atoms. The van der Waals surface area contributed by atoms with Crippen LogP contribution >= 0.6 is 0 Å². The Morgan fingerprint density at radius 3 is 2.21 bits per heavy atom. The third-order valence-electron chi connectivity index (χ3n) is 3.60. The minimum absolute atomic E-state index is 0.0836. The van der Waals surface area contributed by atoms with Crippen LogP contribution in [0.5, 0.6) is 11.5 Å². The van der Waals surface area contributed by atoms with Crippen molar-refractivity contribution in [1.82, 2.24) is 4.90 Å². The number of nitrogens with zero attached hydrogens (tertiary/aromatic N) is 1. The molecular weight excluding hydrogens is 308 g/mol. The molecule has 1 N–H and O–H groups in total. The normalized spacial score (nSPS) is 12.4. The fourth-order valence-electron chi connectivity index (χ4n) is 2.34. The van der Waals surface area contributed by atoms with Crippen LogP contribution in [-0.4, -0.2) is 44.0 Å². The highest BCUT2D eigenvalue weighted by Gasteiger charge is 2.15. The lowest BCUT2D eigenvalue weighted by Gasteiger charge is -2.18.